The largest absolute Gasteiger partial charge is 0.475 e. The van der Waals surface area contributed by atoms with Gasteiger partial charge in [0.15, 0.2) is 0 Å². The molecule has 0 aliphatic rings. The van der Waals surface area contributed by atoms with Crippen molar-refractivity contribution in [2.75, 3.05) is 18.6 Å². The van der Waals surface area contributed by atoms with Gasteiger partial charge < -0.3 is 9.52 Å². The van der Waals surface area contributed by atoms with Crippen molar-refractivity contribution in [1.29, 1.82) is 0 Å². The molecule has 1 rings (SSSR count). The molecule has 7 nitrogen and oxygen atoms in total. The van der Waals surface area contributed by atoms with Gasteiger partial charge in [0, 0.05) is 35.4 Å². The number of rotatable bonds is 6. The van der Waals surface area contributed by atoms with E-state index in [4.69, 9.17) is 9.52 Å². The van der Waals surface area contributed by atoms with Gasteiger partial charge in [0.1, 0.15) is 10.7 Å². The first-order valence-electron chi connectivity index (χ1n) is 4.87. The zero-order valence-electron chi connectivity index (χ0n) is 9.80. The van der Waals surface area contributed by atoms with Crippen molar-refractivity contribution in [3.05, 3.63) is 17.6 Å². The monoisotopic (exact) mass is 295 g/mol. The molecule has 0 aliphatic carbocycles. The maximum atomic E-state index is 11.8. The minimum absolute atomic E-state index is 0.00230. The van der Waals surface area contributed by atoms with Gasteiger partial charge in [-0.3, -0.25) is 4.21 Å². The van der Waals surface area contributed by atoms with Crippen molar-refractivity contribution >= 4 is 26.8 Å². The number of carboxylic acid groups (broad SMARTS) is 1. The SMILES string of the molecule is Cc1oc(C(=O)O)cc1S(=O)(=O)NCCS(C)=O. The molecular weight excluding hydrogens is 282 g/mol. The first kappa shape index (κ1) is 14.9. The van der Waals surface area contributed by atoms with Gasteiger partial charge in [0.05, 0.1) is 0 Å². The van der Waals surface area contributed by atoms with Gasteiger partial charge in [-0.2, -0.15) is 0 Å². The van der Waals surface area contributed by atoms with Gasteiger partial charge in [0.25, 0.3) is 0 Å². The Balaban J connectivity index is 2.91. The summed E-state index contributed by atoms with van der Waals surface area (Å²) in [4.78, 5) is 10.4. The van der Waals surface area contributed by atoms with Gasteiger partial charge in [-0.05, 0) is 6.92 Å². The van der Waals surface area contributed by atoms with Crippen molar-refractivity contribution < 1.29 is 26.9 Å². The first-order chi connectivity index (χ1) is 8.24. The van der Waals surface area contributed by atoms with Crippen molar-refractivity contribution in [1.82, 2.24) is 4.72 Å². The molecule has 0 spiro atoms. The molecule has 102 valence electrons. The van der Waals surface area contributed by atoms with Crippen molar-refractivity contribution in [3.8, 4) is 0 Å². The lowest BCUT2D eigenvalue weighted by atomic mass is 10.4. The summed E-state index contributed by atoms with van der Waals surface area (Å²) in [6.07, 6.45) is 1.46. The smallest absolute Gasteiger partial charge is 0.371 e. The summed E-state index contributed by atoms with van der Waals surface area (Å²) in [5, 5.41) is 8.69. The fourth-order valence-electron chi connectivity index (χ4n) is 1.24. The van der Waals surface area contributed by atoms with E-state index >= 15 is 0 Å². The number of carbonyl (C=O) groups is 1. The number of sulfonamides is 1. The van der Waals surface area contributed by atoms with E-state index in [1.807, 2.05) is 0 Å². The third kappa shape index (κ3) is 3.65. The number of aryl methyl sites for hydroxylation is 1. The first-order valence-corrected chi connectivity index (χ1v) is 8.08. The lowest BCUT2D eigenvalue weighted by Gasteiger charge is -2.03. The number of hydrogen-bond donors (Lipinski definition) is 2. The predicted molar refractivity (Wildman–Crippen MR) is 64.5 cm³/mol. The van der Waals surface area contributed by atoms with Crippen molar-refractivity contribution in [2.24, 2.45) is 0 Å². The highest BCUT2D eigenvalue weighted by Gasteiger charge is 2.23. The van der Waals surface area contributed by atoms with Crippen LogP contribution in [0, 0.1) is 6.92 Å². The van der Waals surface area contributed by atoms with Gasteiger partial charge in [-0.15, -0.1) is 0 Å². The van der Waals surface area contributed by atoms with Crippen LogP contribution < -0.4 is 4.72 Å². The molecule has 1 atom stereocenters. The zero-order chi connectivity index (χ0) is 13.9. The molecule has 0 saturated carbocycles. The summed E-state index contributed by atoms with van der Waals surface area (Å²) >= 11 is 0. The molecule has 0 fully saturated rings. The minimum atomic E-state index is -3.84. The number of carboxylic acids is 1. The van der Waals surface area contributed by atoms with Gasteiger partial charge >= 0.3 is 5.97 Å². The van der Waals surface area contributed by atoms with Crippen LogP contribution in [-0.2, 0) is 20.8 Å². The summed E-state index contributed by atoms with van der Waals surface area (Å²) < 4.78 is 41.5. The van der Waals surface area contributed by atoms with E-state index in [0.29, 0.717) is 0 Å². The number of furan rings is 1. The molecule has 0 aromatic carbocycles. The molecule has 1 aromatic heterocycles. The normalized spacial score (nSPS) is 13.4. The molecule has 18 heavy (non-hydrogen) atoms. The highest BCUT2D eigenvalue weighted by Crippen LogP contribution is 2.19. The summed E-state index contributed by atoms with van der Waals surface area (Å²) in [6.45, 7) is 1.37. The van der Waals surface area contributed by atoms with Crippen LogP contribution in [0.5, 0.6) is 0 Å². The Morgan fingerprint density at radius 2 is 2.17 bits per heavy atom. The Labute approximate surface area is 107 Å². The second-order valence-electron chi connectivity index (χ2n) is 3.51. The third-order valence-electron chi connectivity index (χ3n) is 2.05. The topological polar surface area (TPSA) is 114 Å². The standard InChI is InChI=1S/C9H13NO6S2/c1-6-8(5-7(16-6)9(11)12)18(14,15)10-3-4-17(2)13/h5,10H,3-4H2,1-2H3,(H,11,12). The fraction of sp³-hybridized carbons (Fsp3) is 0.444. The Morgan fingerprint density at radius 1 is 1.56 bits per heavy atom. The Bertz CT molecular complexity index is 574. The van der Waals surface area contributed by atoms with Gasteiger partial charge in [-0.25, -0.2) is 17.9 Å². The Morgan fingerprint density at radius 3 is 2.61 bits per heavy atom. The van der Waals surface area contributed by atoms with Crippen LogP contribution in [0.2, 0.25) is 0 Å². The molecule has 1 aromatic rings. The van der Waals surface area contributed by atoms with E-state index in [-0.39, 0.29) is 23.0 Å². The lowest BCUT2D eigenvalue weighted by molar-refractivity contribution is 0.0661. The molecule has 0 aliphatic heterocycles. The zero-order valence-corrected chi connectivity index (χ0v) is 11.4. The molecule has 0 saturated heterocycles. The van der Waals surface area contributed by atoms with Crippen molar-refractivity contribution in [2.45, 2.75) is 11.8 Å². The molecule has 0 amide bonds. The van der Waals surface area contributed by atoms with Crippen LogP contribution in [0.3, 0.4) is 0 Å². The highest BCUT2D eigenvalue weighted by molar-refractivity contribution is 7.89. The maximum Gasteiger partial charge on any atom is 0.371 e. The van der Waals surface area contributed by atoms with Crippen LogP contribution in [0.25, 0.3) is 0 Å². The average Bonchev–Trinajstić information content (AvgIpc) is 2.60. The molecular formula is C9H13NO6S2. The summed E-state index contributed by atoms with van der Waals surface area (Å²) in [7, 11) is -4.95. The van der Waals surface area contributed by atoms with Crippen LogP contribution in [0.1, 0.15) is 16.3 Å². The van der Waals surface area contributed by atoms with E-state index < -0.39 is 32.6 Å². The van der Waals surface area contributed by atoms with Gasteiger partial charge in [-0.1, -0.05) is 0 Å². The summed E-state index contributed by atoms with van der Waals surface area (Å²) in [5.74, 6) is -1.60. The van der Waals surface area contributed by atoms with Crippen LogP contribution in [0.15, 0.2) is 15.4 Å². The van der Waals surface area contributed by atoms with Gasteiger partial charge in [0.2, 0.25) is 15.8 Å². The average molecular weight is 295 g/mol. The Kier molecular flexibility index (Phi) is 4.65. The number of aromatic carboxylic acids is 1. The molecule has 0 bridgehead atoms. The van der Waals surface area contributed by atoms with Crippen LogP contribution >= 0.6 is 0 Å². The Hall–Kier alpha value is -1.19. The van der Waals surface area contributed by atoms with Crippen LogP contribution in [-0.4, -0.2) is 42.3 Å². The second-order valence-corrected chi connectivity index (χ2v) is 6.80. The summed E-state index contributed by atoms with van der Waals surface area (Å²) in [6, 6.07) is 0.947. The van der Waals surface area contributed by atoms with Crippen LogP contribution in [0.4, 0.5) is 0 Å². The van der Waals surface area contributed by atoms with E-state index in [2.05, 4.69) is 4.72 Å². The lowest BCUT2D eigenvalue weighted by Crippen LogP contribution is -2.27. The molecule has 2 N–H and O–H groups in total. The predicted octanol–water partition coefficient (Wildman–Crippen LogP) is -0.0570. The fourth-order valence-corrected chi connectivity index (χ4v) is 2.96. The molecule has 9 heteroatoms. The number of hydrogen-bond acceptors (Lipinski definition) is 5. The maximum absolute atomic E-state index is 11.8. The van der Waals surface area contributed by atoms with E-state index in [9.17, 15) is 17.4 Å². The third-order valence-corrected chi connectivity index (χ3v) is 4.40. The minimum Gasteiger partial charge on any atom is -0.475 e. The molecule has 0 radical (unpaired) electrons. The highest BCUT2D eigenvalue weighted by atomic mass is 32.2. The van der Waals surface area contributed by atoms with E-state index in [1.54, 1.807) is 0 Å². The summed E-state index contributed by atoms with van der Waals surface area (Å²) in [5.41, 5.74) is 0. The van der Waals surface area contributed by atoms with Crippen molar-refractivity contribution in [3.63, 3.8) is 0 Å². The molecule has 1 heterocycles. The second kappa shape index (κ2) is 5.63. The van der Waals surface area contributed by atoms with E-state index in [1.165, 1.54) is 13.2 Å². The quantitative estimate of drug-likeness (QED) is 0.760. The number of nitrogens with one attached hydrogen (secondary N) is 1. The molecule has 1 unspecified atom stereocenters. The van der Waals surface area contributed by atoms with E-state index in [0.717, 1.165) is 6.07 Å².